The molecule has 0 spiro atoms. The van der Waals surface area contributed by atoms with Gasteiger partial charge in [0.2, 0.25) is 0 Å². The molecule has 9 nitrogen and oxygen atoms in total. The zero-order valence-electron chi connectivity index (χ0n) is 76.0. The van der Waals surface area contributed by atoms with E-state index in [-0.39, 0.29) is 5.41 Å². The maximum Gasteiger partial charge on any atom is 0.164 e. The van der Waals surface area contributed by atoms with Crippen LogP contribution in [0, 0.1) is 0 Å². The third kappa shape index (κ3) is 15.4. The fourth-order valence-corrected chi connectivity index (χ4v) is 21.7. The highest BCUT2D eigenvalue weighted by molar-refractivity contribution is 7.26. The highest BCUT2D eigenvalue weighted by atomic mass is 32.1. The molecule has 0 amide bonds. The SMILES string of the molecule is CC1(C)c2ccccc2-c2ccc3cc(-c4cccc(-c5nc(-c6ccccc6)nc(-c6ccccc6)n5)c4)ccc3c21.c1ccc(-c2cccc(-n3c4ccccc4c4ccc5c(-c6ccc(-c7nc(-c8ccccc8)c8ccccc8n7)cc6)cccc5c43)c2)cc1.c1ccc(-c2nc(-c3cccc(-c4cccc5c4ccc4c6ccccc6sc54)c3)nc(-c3ccc4ccccc4c3)n2)cc1. The first-order chi connectivity index (χ1) is 68.6. The molecule has 0 atom stereocenters. The van der Waals surface area contributed by atoms with Crippen molar-refractivity contribution in [3.05, 3.63) is 490 Å². The number of fused-ring (bicyclic) bond motifs is 17. The van der Waals surface area contributed by atoms with E-state index in [4.69, 9.17) is 39.9 Å². The summed E-state index contributed by atoms with van der Waals surface area (Å²) in [6.45, 7) is 4.69. The van der Waals surface area contributed by atoms with E-state index in [2.05, 4.69) is 388 Å². The summed E-state index contributed by atoms with van der Waals surface area (Å²) in [4.78, 5) is 39.8. The Hall–Kier alpha value is -18.0. The minimum atomic E-state index is -0.0432. The van der Waals surface area contributed by atoms with Gasteiger partial charge in [0, 0.05) is 103 Å². The highest BCUT2D eigenvalue weighted by Gasteiger charge is 2.37. The molecule has 21 aromatic carbocycles. The lowest BCUT2D eigenvalue weighted by Gasteiger charge is -2.23. The molecule has 26 aromatic rings. The van der Waals surface area contributed by atoms with Gasteiger partial charge < -0.3 is 4.57 Å². The summed E-state index contributed by atoms with van der Waals surface area (Å²) in [5, 5.41) is 16.1. The van der Waals surface area contributed by atoms with Crippen molar-refractivity contribution in [1.29, 1.82) is 0 Å². The first kappa shape index (κ1) is 82.9. The van der Waals surface area contributed by atoms with E-state index in [0.29, 0.717) is 34.9 Å². The lowest BCUT2D eigenvalue weighted by atomic mass is 9.80. The molecule has 139 heavy (non-hydrogen) atoms. The Morgan fingerprint density at radius 3 is 1.28 bits per heavy atom. The van der Waals surface area contributed by atoms with Crippen molar-refractivity contribution >= 4 is 107 Å². The van der Waals surface area contributed by atoms with Crippen molar-refractivity contribution in [2.45, 2.75) is 19.3 Å². The zero-order chi connectivity index (χ0) is 92.4. The molecule has 27 rings (SSSR count). The van der Waals surface area contributed by atoms with Gasteiger partial charge in [0.25, 0.3) is 0 Å². The summed E-state index contributed by atoms with van der Waals surface area (Å²) in [6, 6.07) is 169. The molecule has 0 N–H and O–H groups in total. The Bertz CT molecular complexity index is 9230. The Morgan fingerprint density at radius 2 is 0.604 bits per heavy atom. The van der Waals surface area contributed by atoms with Gasteiger partial charge in [-0.1, -0.05) is 438 Å². The minimum Gasteiger partial charge on any atom is -0.309 e. The fraction of sp³-hybridized carbons (Fsp3) is 0.0233. The van der Waals surface area contributed by atoms with Crippen molar-refractivity contribution in [3.63, 3.8) is 0 Å². The average molecular weight is 1790 g/mol. The maximum atomic E-state index is 5.10. The van der Waals surface area contributed by atoms with Gasteiger partial charge in [-0.25, -0.2) is 39.9 Å². The smallest absolute Gasteiger partial charge is 0.164 e. The number of hydrogen-bond donors (Lipinski definition) is 0. The molecule has 0 saturated carbocycles. The summed E-state index contributed by atoms with van der Waals surface area (Å²) in [6.07, 6.45) is 0. The van der Waals surface area contributed by atoms with Crippen molar-refractivity contribution in [1.82, 2.24) is 44.4 Å². The second-order valence-electron chi connectivity index (χ2n) is 36.0. The number of rotatable bonds is 13. The summed E-state index contributed by atoms with van der Waals surface area (Å²) in [5.74, 6) is 4.68. The Kier molecular flexibility index (Phi) is 21.0. The Morgan fingerprint density at radius 1 is 0.209 bits per heavy atom. The van der Waals surface area contributed by atoms with Crippen LogP contribution in [0.5, 0.6) is 0 Å². The van der Waals surface area contributed by atoms with Crippen LogP contribution in [-0.4, -0.2) is 44.4 Å². The van der Waals surface area contributed by atoms with Crippen molar-refractivity contribution in [3.8, 4) is 152 Å². The number of thiophene rings is 1. The van der Waals surface area contributed by atoms with Crippen molar-refractivity contribution in [2.75, 3.05) is 0 Å². The topological polar surface area (TPSA) is 108 Å². The number of nitrogens with zero attached hydrogens (tertiary/aromatic N) is 9. The third-order valence-corrected chi connectivity index (χ3v) is 28.4. The molecule has 0 fully saturated rings. The summed E-state index contributed by atoms with van der Waals surface area (Å²) < 4.78 is 5.09. The van der Waals surface area contributed by atoms with E-state index >= 15 is 0 Å². The van der Waals surface area contributed by atoms with Gasteiger partial charge in [-0.2, -0.15) is 0 Å². The predicted octanol–water partition coefficient (Wildman–Crippen LogP) is 33.8. The molecular weight excluding hydrogens is 1710 g/mol. The van der Waals surface area contributed by atoms with Crippen LogP contribution in [-0.2, 0) is 5.41 Å². The van der Waals surface area contributed by atoms with Crippen molar-refractivity contribution < 1.29 is 0 Å². The summed E-state index contributed by atoms with van der Waals surface area (Å²) in [5.41, 5.74) is 28.1. The first-order valence-corrected chi connectivity index (χ1v) is 47.9. The maximum absolute atomic E-state index is 5.10. The highest BCUT2D eigenvalue weighted by Crippen LogP contribution is 2.53. The van der Waals surface area contributed by atoms with Gasteiger partial charge in [0.05, 0.1) is 22.2 Å². The predicted molar refractivity (Wildman–Crippen MR) is 579 cm³/mol. The number of aromatic nitrogens is 9. The van der Waals surface area contributed by atoms with Crippen LogP contribution in [0.25, 0.3) is 248 Å². The molecule has 0 unspecified atom stereocenters. The van der Waals surface area contributed by atoms with E-state index in [1.165, 1.54) is 130 Å². The van der Waals surface area contributed by atoms with Crippen LogP contribution in [0.15, 0.2) is 479 Å². The molecule has 0 aliphatic heterocycles. The third-order valence-electron chi connectivity index (χ3n) is 27.2. The summed E-state index contributed by atoms with van der Waals surface area (Å²) >= 11 is 1.87. The van der Waals surface area contributed by atoms with Crippen LogP contribution in [0.4, 0.5) is 0 Å². The van der Waals surface area contributed by atoms with Gasteiger partial charge in [0.1, 0.15) is 0 Å². The molecule has 5 aromatic heterocycles. The molecule has 5 heterocycles. The van der Waals surface area contributed by atoms with Crippen LogP contribution in [0.1, 0.15) is 25.0 Å². The second-order valence-corrected chi connectivity index (χ2v) is 37.0. The van der Waals surface area contributed by atoms with Crippen LogP contribution in [0.2, 0.25) is 0 Å². The van der Waals surface area contributed by atoms with Crippen LogP contribution < -0.4 is 0 Å². The quantitative estimate of drug-likeness (QED) is 0.112. The van der Waals surface area contributed by atoms with Crippen LogP contribution in [0.3, 0.4) is 0 Å². The standard InChI is InChI=1S/C48H31N3.C41H25N3S.C40H29N3/c1-3-13-32(14-4-1)36-17-11-18-37(31-36)51-45-24-10-8-19-40(45)42-30-29-39-38(21-12-22-41(39)47(42)51)33-25-27-35(28-26-33)48-49-44-23-9-7-20-43(44)46(50-48)34-15-5-2-6-16-34;1-2-11-27(12-3-1)39-42-40(44-41(43-39)31-21-20-26-10-4-5-13-28(26)24-31)30-15-8-14-29(25-30)32-17-9-18-35-33(32)22-23-36-34-16-6-7-19-37(34)45-38(35)36;1-40(2)35-19-10-9-18-33(35)34-23-21-30-24-29(20-22-32(30)36(34)40)28-16-11-17-31(25-28)39-42-37(26-12-5-3-6-13-26)41-38(43-39)27-14-7-4-8-15-27/h1-31H;1-25H;3-25H,1-2H3. The van der Waals surface area contributed by atoms with Gasteiger partial charge in [-0.05, 0) is 154 Å². The number of benzene rings is 21. The summed E-state index contributed by atoms with van der Waals surface area (Å²) in [7, 11) is 0. The van der Waals surface area contributed by atoms with Gasteiger partial charge >= 0.3 is 0 Å². The molecule has 1 aliphatic carbocycles. The monoisotopic (exact) mass is 1790 g/mol. The number of para-hydroxylation sites is 2. The molecule has 652 valence electrons. The van der Waals surface area contributed by atoms with E-state index < -0.39 is 0 Å². The zero-order valence-corrected chi connectivity index (χ0v) is 76.9. The lowest BCUT2D eigenvalue weighted by molar-refractivity contribution is 0.666. The van der Waals surface area contributed by atoms with E-state index in [0.717, 1.165) is 94.7 Å². The fourth-order valence-electron chi connectivity index (χ4n) is 20.5. The molecule has 0 radical (unpaired) electrons. The average Bonchev–Trinajstić information content (AvgIpc) is 1.57. The number of hydrogen-bond acceptors (Lipinski definition) is 9. The molecule has 10 heteroatoms. The van der Waals surface area contributed by atoms with Crippen molar-refractivity contribution in [2.24, 2.45) is 0 Å². The molecule has 0 saturated heterocycles. The minimum absolute atomic E-state index is 0.0432. The van der Waals surface area contributed by atoms with Crippen LogP contribution >= 0.6 is 11.3 Å². The Balaban J connectivity index is 0.000000111. The lowest BCUT2D eigenvalue weighted by Crippen LogP contribution is -2.15. The normalized spacial score (nSPS) is 12.0. The Labute approximate surface area is 807 Å². The van der Waals surface area contributed by atoms with E-state index in [9.17, 15) is 0 Å². The molecular formula is C129H85N9S. The van der Waals surface area contributed by atoms with E-state index in [1.807, 2.05) is 121 Å². The van der Waals surface area contributed by atoms with E-state index in [1.54, 1.807) is 0 Å². The van der Waals surface area contributed by atoms with Gasteiger partial charge in [-0.3, -0.25) is 0 Å². The van der Waals surface area contributed by atoms with Gasteiger partial charge in [0.15, 0.2) is 40.8 Å². The molecule has 0 bridgehead atoms. The molecule has 1 aliphatic rings. The largest absolute Gasteiger partial charge is 0.309 e. The van der Waals surface area contributed by atoms with Gasteiger partial charge in [-0.15, -0.1) is 11.3 Å². The second kappa shape index (κ2) is 35.1. The first-order valence-electron chi connectivity index (χ1n) is 47.1.